The number of nitrogens with zero attached hydrogens (tertiary/aromatic N) is 5. The molecule has 0 bridgehead atoms. The predicted octanol–water partition coefficient (Wildman–Crippen LogP) is 3.04. The maximum atomic E-state index is 12.0. The molecule has 2 aromatic rings. The van der Waals surface area contributed by atoms with Crippen LogP contribution in [0.5, 0.6) is 0 Å². The van der Waals surface area contributed by atoms with E-state index < -0.39 is 0 Å². The first kappa shape index (κ1) is 21.0. The summed E-state index contributed by atoms with van der Waals surface area (Å²) in [6, 6.07) is 0.498. The number of imidazole rings is 1. The van der Waals surface area contributed by atoms with Crippen LogP contribution in [0.2, 0.25) is 0 Å². The highest BCUT2D eigenvalue weighted by atomic mass is 16.2. The van der Waals surface area contributed by atoms with Gasteiger partial charge in [0.2, 0.25) is 17.8 Å². The minimum Gasteiger partial charge on any atom is -0.351 e. The molecule has 1 aliphatic heterocycles. The molecule has 2 N–H and O–H groups in total. The molecule has 3 heterocycles. The fourth-order valence-electron chi connectivity index (χ4n) is 4.43. The van der Waals surface area contributed by atoms with Crippen LogP contribution in [0.15, 0.2) is 31.6 Å². The lowest BCUT2D eigenvalue weighted by molar-refractivity contribution is -0.127. The van der Waals surface area contributed by atoms with Crippen LogP contribution >= 0.6 is 0 Å². The molecule has 2 amide bonds. The molecule has 0 aromatic carbocycles. The van der Waals surface area contributed by atoms with Crippen molar-refractivity contribution >= 4 is 34.7 Å². The summed E-state index contributed by atoms with van der Waals surface area (Å²) in [5.74, 6) is 0.505. The van der Waals surface area contributed by atoms with Crippen molar-refractivity contribution in [2.45, 2.75) is 57.0 Å². The van der Waals surface area contributed by atoms with E-state index in [2.05, 4.69) is 33.8 Å². The Morgan fingerprint density at radius 3 is 2.45 bits per heavy atom. The van der Waals surface area contributed by atoms with Crippen LogP contribution in [-0.4, -0.2) is 55.4 Å². The molecule has 4 rings (SSSR count). The second-order valence-electron chi connectivity index (χ2n) is 8.15. The first-order valence-electron chi connectivity index (χ1n) is 10.9. The van der Waals surface area contributed by atoms with Gasteiger partial charge >= 0.3 is 0 Å². The molecule has 1 saturated carbocycles. The normalized spacial score (nSPS) is 18.0. The van der Waals surface area contributed by atoms with Crippen molar-refractivity contribution in [3.63, 3.8) is 0 Å². The van der Waals surface area contributed by atoms with Crippen molar-refractivity contribution in [2.75, 3.05) is 23.7 Å². The van der Waals surface area contributed by atoms with Gasteiger partial charge in [0, 0.05) is 25.2 Å². The molecule has 0 spiro atoms. The minimum absolute atomic E-state index is 0.0374. The number of anilines is 2. The van der Waals surface area contributed by atoms with E-state index in [1.807, 2.05) is 9.47 Å². The van der Waals surface area contributed by atoms with E-state index in [4.69, 9.17) is 4.98 Å². The predicted molar refractivity (Wildman–Crippen MR) is 120 cm³/mol. The van der Waals surface area contributed by atoms with Gasteiger partial charge in [-0.2, -0.15) is 9.97 Å². The molecule has 0 atom stereocenters. The van der Waals surface area contributed by atoms with Gasteiger partial charge in [-0.05, 0) is 37.8 Å². The highest BCUT2D eigenvalue weighted by molar-refractivity contribution is 6.02. The van der Waals surface area contributed by atoms with Crippen LogP contribution in [0.1, 0.15) is 51.0 Å². The van der Waals surface area contributed by atoms with Gasteiger partial charge in [-0.3, -0.25) is 9.59 Å². The summed E-state index contributed by atoms with van der Waals surface area (Å²) in [4.78, 5) is 39.5. The van der Waals surface area contributed by atoms with Crippen LogP contribution in [0.4, 0.5) is 11.8 Å². The van der Waals surface area contributed by atoms with Crippen molar-refractivity contribution in [3.05, 3.63) is 31.6 Å². The van der Waals surface area contributed by atoms with Crippen LogP contribution in [0.25, 0.3) is 11.2 Å². The largest absolute Gasteiger partial charge is 0.351 e. The summed E-state index contributed by atoms with van der Waals surface area (Å²) >= 11 is 0. The fraction of sp³-hybridized carbons (Fsp3) is 0.500. The molecular weight excluding hydrogens is 394 g/mol. The topological polar surface area (TPSA) is 105 Å². The molecule has 1 aliphatic carbocycles. The molecule has 31 heavy (non-hydrogen) atoms. The molecule has 0 radical (unpaired) electrons. The van der Waals surface area contributed by atoms with Crippen molar-refractivity contribution in [1.82, 2.24) is 24.4 Å². The Hall–Kier alpha value is -3.23. The number of likely N-dealkylation sites (tertiary alicyclic amines) is 1. The number of fused-ring (bicyclic) bond motifs is 1. The van der Waals surface area contributed by atoms with E-state index in [0.29, 0.717) is 42.1 Å². The molecule has 2 fully saturated rings. The summed E-state index contributed by atoms with van der Waals surface area (Å²) < 4.78 is 2.04. The number of carbonyl (C=O) groups excluding carboxylic acids is 2. The zero-order valence-corrected chi connectivity index (χ0v) is 17.7. The Kier molecular flexibility index (Phi) is 6.29. The lowest BCUT2D eigenvalue weighted by Crippen LogP contribution is -2.38. The van der Waals surface area contributed by atoms with Crippen molar-refractivity contribution in [3.8, 4) is 0 Å². The standard InChI is InChI=1S/C22H29N7O2/c1-3-17(30)25-20-19-21(27-22(26-20)24-15-8-6-5-7-9-15)29(14-23-19)16-10-12-28(13-11-16)18(31)4-2/h3-4,14-16H,1-2,5-13H2,(H2,24,25,26,27,30). The Morgan fingerprint density at radius 2 is 1.77 bits per heavy atom. The third-order valence-electron chi connectivity index (χ3n) is 6.13. The molecule has 1 saturated heterocycles. The van der Waals surface area contributed by atoms with Crippen LogP contribution in [0, 0.1) is 0 Å². The molecule has 9 nitrogen and oxygen atoms in total. The van der Waals surface area contributed by atoms with Crippen LogP contribution in [-0.2, 0) is 9.59 Å². The summed E-state index contributed by atoms with van der Waals surface area (Å²) in [6.45, 7) is 8.42. The van der Waals surface area contributed by atoms with E-state index >= 15 is 0 Å². The van der Waals surface area contributed by atoms with Gasteiger partial charge in [-0.25, -0.2) is 4.98 Å². The number of aromatic nitrogens is 4. The average Bonchev–Trinajstić information content (AvgIpc) is 3.23. The average molecular weight is 424 g/mol. The number of carbonyl (C=O) groups is 2. The molecular formula is C22H29N7O2. The highest BCUT2D eigenvalue weighted by Gasteiger charge is 2.26. The number of rotatable bonds is 6. The molecule has 9 heteroatoms. The number of amides is 2. The fourth-order valence-corrected chi connectivity index (χ4v) is 4.43. The summed E-state index contributed by atoms with van der Waals surface area (Å²) in [7, 11) is 0. The van der Waals surface area contributed by atoms with Crippen LogP contribution < -0.4 is 10.6 Å². The van der Waals surface area contributed by atoms with Crippen molar-refractivity contribution in [2.24, 2.45) is 0 Å². The van der Waals surface area contributed by atoms with E-state index in [1.165, 1.54) is 31.4 Å². The lowest BCUT2D eigenvalue weighted by Gasteiger charge is -2.32. The Bertz CT molecular complexity index is 985. The summed E-state index contributed by atoms with van der Waals surface area (Å²) in [6.07, 6.45) is 11.8. The highest BCUT2D eigenvalue weighted by Crippen LogP contribution is 2.29. The Balaban J connectivity index is 1.63. The summed E-state index contributed by atoms with van der Waals surface area (Å²) in [5.41, 5.74) is 1.23. The molecule has 2 aliphatic rings. The third kappa shape index (κ3) is 4.60. The molecule has 0 unspecified atom stereocenters. The quantitative estimate of drug-likeness (QED) is 0.692. The van der Waals surface area contributed by atoms with Gasteiger partial charge in [0.25, 0.3) is 0 Å². The second-order valence-corrected chi connectivity index (χ2v) is 8.15. The second kappa shape index (κ2) is 9.28. The zero-order chi connectivity index (χ0) is 21.8. The molecule has 164 valence electrons. The maximum Gasteiger partial charge on any atom is 0.248 e. The first-order valence-corrected chi connectivity index (χ1v) is 10.9. The zero-order valence-electron chi connectivity index (χ0n) is 17.7. The third-order valence-corrected chi connectivity index (χ3v) is 6.13. The first-order chi connectivity index (χ1) is 15.1. The Morgan fingerprint density at radius 1 is 1.03 bits per heavy atom. The van der Waals surface area contributed by atoms with Gasteiger partial charge in [0.15, 0.2) is 17.0 Å². The molecule has 2 aromatic heterocycles. The maximum absolute atomic E-state index is 12.0. The Labute approximate surface area is 181 Å². The van der Waals surface area contributed by atoms with E-state index in [1.54, 1.807) is 6.33 Å². The smallest absolute Gasteiger partial charge is 0.248 e. The van der Waals surface area contributed by atoms with Gasteiger partial charge in [-0.15, -0.1) is 0 Å². The van der Waals surface area contributed by atoms with Gasteiger partial charge < -0.3 is 20.1 Å². The minimum atomic E-state index is -0.339. The van der Waals surface area contributed by atoms with Crippen molar-refractivity contribution in [1.29, 1.82) is 0 Å². The van der Waals surface area contributed by atoms with E-state index in [-0.39, 0.29) is 17.9 Å². The number of nitrogens with one attached hydrogen (secondary N) is 2. The number of hydrogen-bond donors (Lipinski definition) is 2. The SMILES string of the molecule is C=CC(=O)Nc1nc(NC2CCCCC2)nc2c1ncn2C1CCN(C(=O)C=C)CC1. The number of piperidine rings is 1. The van der Waals surface area contributed by atoms with Gasteiger partial charge in [0.1, 0.15) is 0 Å². The summed E-state index contributed by atoms with van der Waals surface area (Å²) in [5, 5.41) is 6.22. The number of hydrogen-bond acceptors (Lipinski definition) is 6. The van der Waals surface area contributed by atoms with Gasteiger partial charge in [0.05, 0.1) is 6.33 Å². The van der Waals surface area contributed by atoms with Gasteiger partial charge in [-0.1, -0.05) is 32.4 Å². The lowest BCUT2D eigenvalue weighted by atomic mass is 9.96. The van der Waals surface area contributed by atoms with Crippen LogP contribution in [0.3, 0.4) is 0 Å². The van der Waals surface area contributed by atoms with Crippen molar-refractivity contribution < 1.29 is 9.59 Å². The van der Waals surface area contributed by atoms with E-state index in [9.17, 15) is 9.59 Å². The monoisotopic (exact) mass is 423 g/mol. The van der Waals surface area contributed by atoms with E-state index in [0.717, 1.165) is 25.7 Å².